The molecule has 0 saturated carbocycles. The molecule has 0 aromatic carbocycles. The van der Waals surface area contributed by atoms with E-state index >= 15 is 0 Å². The number of carbonyl (C=O) groups is 1. The minimum Gasteiger partial charge on any atom is -0.299 e. The van der Waals surface area contributed by atoms with Crippen molar-refractivity contribution < 1.29 is 4.79 Å². The molecule has 0 amide bonds. The molecule has 0 rings (SSSR count). The Balaban J connectivity index is 3.54. The molecule has 0 atom stereocenters. The van der Waals surface area contributed by atoms with Crippen LogP contribution >= 0.6 is 0 Å². The topological polar surface area (TPSA) is 40.9 Å². The summed E-state index contributed by atoms with van der Waals surface area (Å²) in [6, 6.07) is 0. The lowest BCUT2D eigenvalue weighted by Gasteiger charge is -2.15. The maximum Gasteiger partial charge on any atom is 0.138 e. The summed E-state index contributed by atoms with van der Waals surface area (Å²) >= 11 is 0. The first kappa shape index (κ1) is 10.6. The number of ketones is 1. The smallest absolute Gasteiger partial charge is 0.138 e. The summed E-state index contributed by atoms with van der Waals surface area (Å²) in [6.07, 6.45) is 2.36. The average Bonchev–Trinajstić information content (AvgIpc) is 1.86. The number of Topliss-reactive ketones (excluding diaryl/α,β-unsaturated/α-hetero) is 1. The minimum atomic E-state index is -0.192. The SMILES string of the molecule is CC(C)(C)C(=O)CCCC[NH]. The first-order valence-electron chi connectivity index (χ1n) is 4.16. The van der Waals surface area contributed by atoms with Crippen LogP contribution in [-0.2, 0) is 4.79 Å². The average molecular weight is 156 g/mol. The van der Waals surface area contributed by atoms with Crippen molar-refractivity contribution in [2.45, 2.75) is 40.0 Å². The predicted molar refractivity (Wildman–Crippen MR) is 46.3 cm³/mol. The lowest BCUT2D eigenvalue weighted by atomic mass is 9.88. The van der Waals surface area contributed by atoms with Crippen LogP contribution in [0, 0.1) is 5.41 Å². The Morgan fingerprint density at radius 3 is 2.18 bits per heavy atom. The molecule has 0 aliphatic heterocycles. The van der Waals surface area contributed by atoms with Gasteiger partial charge >= 0.3 is 0 Å². The van der Waals surface area contributed by atoms with Crippen molar-refractivity contribution in [1.29, 1.82) is 0 Å². The Morgan fingerprint density at radius 2 is 1.82 bits per heavy atom. The molecule has 0 aliphatic rings. The summed E-state index contributed by atoms with van der Waals surface area (Å²) in [5.74, 6) is 0.311. The van der Waals surface area contributed by atoms with Gasteiger partial charge in [-0.2, -0.15) is 0 Å². The van der Waals surface area contributed by atoms with Crippen molar-refractivity contribution in [2.24, 2.45) is 5.41 Å². The van der Waals surface area contributed by atoms with Crippen molar-refractivity contribution in [3.05, 3.63) is 0 Å². The summed E-state index contributed by atoms with van der Waals surface area (Å²) in [5.41, 5.74) is 6.70. The fraction of sp³-hybridized carbons (Fsp3) is 0.889. The molecule has 0 saturated heterocycles. The number of hydrogen-bond acceptors (Lipinski definition) is 1. The van der Waals surface area contributed by atoms with Gasteiger partial charge in [-0.1, -0.05) is 20.8 Å². The highest BCUT2D eigenvalue weighted by molar-refractivity contribution is 5.83. The molecular weight excluding hydrogens is 138 g/mol. The van der Waals surface area contributed by atoms with Gasteiger partial charge in [0, 0.05) is 18.4 Å². The third-order valence-corrected chi connectivity index (χ3v) is 1.67. The molecule has 2 nitrogen and oxygen atoms in total. The van der Waals surface area contributed by atoms with Crippen LogP contribution in [0.1, 0.15) is 40.0 Å². The number of hydrogen-bond donors (Lipinski definition) is 0. The number of rotatable bonds is 4. The molecule has 0 fully saturated rings. The van der Waals surface area contributed by atoms with Crippen molar-refractivity contribution in [3.63, 3.8) is 0 Å². The largest absolute Gasteiger partial charge is 0.299 e. The number of carbonyl (C=O) groups excluding carboxylic acids is 1. The molecule has 0 aromatic rings. The third-order valence-electron chi connectivity index (χ3n) is 1.67. The molecule has 0 unspecified atom stereocenters. The van der Waals surface area contributed by atoms with Gasteiger partial charge in [0.15, 0.2) is 0 Å². The molecule has 0 spiro atoms. The van der Waals surface area contributed by atoms with E-state index in [-0.39, 0.29) is 5.41 Å². The van der Waals surface area contributed by atoms with Gasteiger partial charge in [0.25, 0.3) is 0 Å². The van der Waals surface area contributed by atoms with Gasteiger partial charge in [-0.25, -0.2) is 0 Å². The lowest BCUT2D eigenvalue weighted by Crippen LogP contribution is -2.19. The highest BCUT2D eigenvalue weighted by Crippen LogP contribution is 2.17. The van der Waals surface area contributed by atoms with Crippen LogP contribution < -0.4 is 5.73 Å². The van der Waals surface area contributed by atoms with E-state index in [9.17, 15) is 4.79 Å². The summed E-state index contributed by atoms with van der Waals surface area (Å²) < 4.78 is 0. The quantitative estimate of drug-likeness (QED) is 0.574. The molecule has 0 bridgehead atoms. The van der Waals surface area contributed by atoms with Crippen LogP contribution in [0.4, 0.5) is 0 Å². The first-order chi connectivity index (χ1) is 4.98. The van der Waals surface area contributed by atoms with Crippen molar-refractivity contribution >= 4 is 5.78 Å². The Hall–Kier alpha value is -0.370. The fourth-order valence-electron chi connectivity index (χ4n) is 0.786. The van der Waals surface area contributed by atoms with E-state index in [0.717, 1.165) is 12.8 Å². The maximum atomic E-state index is 11.3. The molecule has 11 heavy (non-hydrogen) atoms. The standard InChI is InChI=1S/C9H18NO/c1-9(2,3)8(11)6-4-5-7-10/h10H,4-7H2,1-3H3. The first-order valence-corrected chi connectivity index (χ1v) is 4.16. The van der Waals surface area contributed by atoms with E-state index < -0.39 is 0 Å². The van der Waals surface area contributed by atoms with Crippen molar-refractivity contribution in [3.8, 4) is 0 Å². The number of nitrogens with one attached hydrogen (secondary N) is 1. The second kappa shape index (κ2) is 4.50. The van der Waals surface area contributed by atoms with Crippen LogP contribution in [0.3, 0.4) is 0 Å². The second-order valence-electron chi connectivity index (χ2n) is 3.88. The van der Waals surface area contributed by atoms with Crippen LogP contribution in [0.25, 0.3) is 0 Å². The number of unbranched alkanes of at least 4 members (excludes halogenated alkanes) is 1. The fourth-order valence-corrected chi connectivity index (χ4v) is 0.786. The summed E-state index contributed by atoms with van der Waals surface area (Å²) in [4.78, 5) is 11.3. The van der Waals surface area contributed by atoms with Crippen molar-refractivity contribution in [2.75, 3.05) is 6.54 Å². The zero-order chi connectivity index (χ0) is 8.91. The van der Waals surface area contributed by atoms with Gasteiger partial charge in [0.05, 0.1) is 0 Å². The molecule has 0 aliphatic carbocycles. The van der Waals surface area contributed by atoms with E-state index in [2.05, 4.69) is 0 Å². The van der Waals surface area contributed by atoms with Gasteiger partial charge in [0.1, 0.15) is 5.78 Å². The maximum absolute atomic E-state index is 11.3. The van der Waals surface area contributed by atoms with Crippen LogP contribution in [0.2, 0.25) is 0 Å². The van der Waals surface area contributed by atoms with E-state index in [1.54, 1.807) is 0 Å². The molecule has 1 radical (unpaired) electrons. The van der Waals surface area contributed by atoms with Crippen LogP contribution in [0.5, 0.6) is 0 Å². The summed E-state index contributed by atoms with van der Waals surface area (Å²) in [6.45, 7) is 6.26. The van der Waals surface area contributed by atoms with Gasteiger partial charge in [0.2, 0.25) is 0 Å². The van der Waals surface area contributed by atoms with Gasteiger partial charge in [-0.3, -0.25) is 10.5 Å². The Labute approximate surface area is 69.2 Å². The van der Waals surface area contributed by atoms with Gasteiger partial charge in [-0.15, -0.1) is 0 Å². The minimum absolute atomic E-state index is 0.192. The van der Waals surface area contributed by atoms with Gasteiger partial charge in [-0.05, 0) is 12.8 Å². The molecular formula is C9H18NO. The van der Waals surface area contributed by atoms with Crippen molar-refractivity contribution in [1.82, 2.24) is 5.73 Å². The summed E-state index contributed by atoms with van der Waals surface area (Å²) in [5, 5.41) is 0. The van der Waals surface area contributed by atoms with Crippen LogP contribution in [0.15, 0.2) is 0 Å². The molecule has 2 heteroatoms. The Bertz CT molecular complexity index is 124. The normalized spacial score (nSPS) is 11.6. The molecule has 65 valence electrons. The second-order valence-corrected chi connectivity index (χ2v) is 3.88. The highest BCUT2D eigenvalue weighted by Gasteiger charge is 2.19. The lowest BCUT2D eigenvalue weighted by molar-refractivity contribution is -0.126. The zero-order valence-corrected chi connectivity index (χ0v) is 7.74. The molecule has 1 N–H and O–H groups in total. The van der Waals surface area contributed by atoms with E-state index in [0.29, 0.717) is 18.7 Å². The Morgan fingerprint density at radius 1 is 1.27 bits per heavy atom. The molecule has 0 aromatic heterocycles. The summed E-state index contributed by atoms with van der Waals surface area (Å²) in [7, 11) is 0. The van der Waals surface area contributed by atoms with E-state index in [1.165, 1.54) is 0 Å². The molecule has 0 heterocycles. The third kappa shape index (κ3) is 4.96. The van der Waals surface area contributed by atoms with Crippen LogP contribution in [-0.4, -0.2) is 12.3 Å². The van der Waals surface area contributed by atoms with E-state index in [1.807, 2.05) is 20.8 Å². The monoisotopic (exact) mass is 156 g/mol. The van der Waals surface area contributed by atoms with Gasteiger partial charge < -0.3 is 0 Å². The predicted octanol–water partition coefficient (Wildman–Crippen LogP) is 2.05. The Kier molecular flexibility index (Phi) is 4.34. The zero-order valence-electron chi connectivity index (χ0n) is 7.74. The highest BCUT2D eigenvalue weighted by atomic mass is 16.1. The van der Waals surface area contributed by atoms with E-state index in [4.69, 9.17) is 5.73 Å².